The number of carbonyl (C=O) groups excluding carboxylic acids is 1. The van der Waals surface area contributed by atoms with Crippen LogP contribution >= 0.6 is 0 Å². The predicted octanol–water partition coefficient (Wildman–Crippen LogP) is -0.806. The van der Waals surface area contributed by atoms with Crippen molar-refractivity contribution in [3.05, 3.63) is 0 Å². The van der Waals surface area contributed by atoms with Crippen molar-refractivity contribution in [1.82, 2.24) is 5.06 Å². The first-order valence-corrected chi connectivity index (χ1v) is 4.38. The maximum absolute atomic E-state index is 11.0. The zero-order valence-electron chi connectivity index (χ0n) is 8.54. The van der Waals surface area contributed by atoms with Gasteiger partial charge in [0.1, 0.15) is 12.5 Å². The number of carbonyl (C=O) groups is 1. The molecule has 6 nitrogen and oxygen atoms in total. The molecule has 6 heteroatoms. The van der Waals surface area contributed by atoms with Gasteiger partial charge in [0.15, 0.2) is 0 Å². The molecule has 0 fully saturated rings. The molecule has 0 saturated carbocycles. The Hall–Kier alpha value is -0.690. The molecule has 3 N–H and O–H groups in total. The van der Waals surface area contributed by atoms with Crippen molar-refractivity contribution in [2.45, 2.75) is 45.8 Å². The zero-order valence-corrected chi connectivity index (χ0v) is 8.54. The molecule has 0 heterocycles. The van der Waals surface area contributed by atoms with Crippen LogP contribution < -0.4 is 0 Å². The normalized spacial score (nSPS) is 17.6. The minimum absolute atomic E-state index is 0.185. The number of aliphatic hydroxyl groups is 3. The van der Waals surface area contributed by atoms with E-state index in [-0.39, 0.29) is 6.42 Å². The summed E-state index contributed by atoms with van der Waals surface area (Å²) in [6.07, 6.45) is -3.20. The lowest BCUT2D eigenvalue weighted by molar-refractivity contribution is -0.277. The number of hydrogen-bond donors (Lipinski definition) is 3. The van der Waals surface area contributed by atoms with Crippen LogP contribution in [-0.2, 0) is 9.63 Å². The van der Waals surface area contributed by atoms with Crippen LogP contribution in [0.4, 0.5) is 0 Å². The fraction of sp³-hybridized carbons (Fsp3) is 0.875. The Morgan fingerprint density at radius 2 is 1.64 bits per heavy atom. The maximum atomic E-state index is 11.0. The van der Waals surface area contributed by atoms with Crippen molar-refractivity contribution in [3.8, 4) is 0 Å². The molecule has 0 aliphatic carbocycles. The molecule has 14 heavy (non-hydrogen) atoms. The van der Waals surface area contributed by atoms with E-state index in [1.807, 2.05) is 0 Å². The Kier molecular flexibility index (Phi) is 5.63. The van der Waals surface area contributed by atoms with Crippen LogP contribution in [0.5, 0.6) is 0 Å². The van der Waals surface area contributed by atoms with E-state index in [1.165, 1.54) is 20.8 Å². The molecule has 0 aromatic carbocycles. The molecule has 0 rings (SSSR count). The fourth-order valence-electron chi connectivity index (χ4n) is 0.861. The van der Waals surface area contributed by atoms with E-state index < -0.39 is 24.5 Å². The summed E-state index contributed by atoms with van der Waals surface area (Å²) in [6, 6.07) is 0. The van der Waals surface area contributed by atoms with Crippen LogP contribution in [0.2, 0.25) is 0 Å². The lowest BCUT2D eigenvalue weighted by Crippen LogP contribution is -2.42. The highest BCUT2D eigenvalue weighted by Gasteiger charge is 2.21. The number of hydrogen-bond acceptors (Lipinski definition) is 6. The Labute approximate surface area is 82.7 Å². The second-order valence-electron chi connectivity index (χ2n) is 3.14. The van der Waals surface area contributed by atoms with Gasteiger partial charge in [-0.3, -0.25) is 4.79 Å². The molecule has 0 spiro atoms. The first-order chi connectivity index (χ1) is 6.34. The number of nitrogens with zero attached hydrogens (tertiary/aromatic N) is 1. The topological polar surface area (TPSA) is 90.2 Å². The standard InChI is InChI=1S/C8H17NO5/c1-5(10)4-8(13)14-9(6(2)11)7(3)12/h5-7,10-12H,4H2,1-3H3. The molecular weight excluding hydrogens is 190 g/mol. The molecule has 0 aromatic heterocycles. The van der Waals surface area contributed by atoms with E-state index in [2.05, 4.69) is 4.84 Å². The second kappa shape index (κ2) is 5.92. The van der Waals surface area contributed by atoms with Crippen LogP contribution in [0, 0.1) is 0 Å². The molecule has 0 radical (unpaired) electrons. The summed E-state index contributed by atoms with van der Waals surface area (Å²) in [4.78, 5) is 15.6. The third kappa shape index (κ3) is 5.13. The highest BCUT2D eigenvalue weighted by molar-refractivity contribution is 5.69. The number of rotatable bonds is 5. The number of aliphatic hydroxyl groups excluding tert-OH is 3. The van der Waals surface area contributed by atoms with Gasteiger partial charge in [0.2, 0.25) is 0 Å². The first kappa shape index (κ1) is 13.3. The lowest BCUT2D eigenvalue weighted by atomic mass is 10.3. The average Bonchev–Trinajstić information content (AvgIpc) is 1.97. The molecule has 0 aromatic rings. The van der Waals surface area contributed by atoms with Gasteiger partial charge in [-0.25, -0.2) is 0 Å². The van der Waals surface area contributed by atoms with Crippen LogP contribution in [0.3, 0.4) is 0 Å². The van der Waals surface area contributed by atoms with Gasteiger partial charge < -0.3 is 20.2 Å². The third-order valence-corrected chi connectivity index (χ3v) is 1.41. The first-order valence-electron chi connectivity index (χ1n) is 4.38. The molecule has 0 bridgehead atoms. The minimum Gasteiger partial charge on any atom is -0.393 e. The van der Waals surface area contributed by atoms with Gasteiger partial charge in [-0.2, -0.15) is 0 Å². The largest absolute Gasteiger partial charge is 0.393 e. The summed E-state index contributed by atoms with van der Waals surface area (Å²) >= 11 is 0. The van der Waals surface area contributed by atoms with Gasteiger partial charge in [-0.05, 0) is 20.8 Å². The summed E-state index contributed by atoms with van der Waals surface area (Å²) in [5.41, 5.74) is 0. The van der Waals surface area contributed by atoms with Crippen molar-refractivity contribution < 1.29 is 25.0 Å². The van der Waals surface area contributed by atoms with E-state index >= 15 is 0 Å². The average molecular weight is 207 g/mol. The molecule has 0 aliphatic rings. The zero-order chi connectivity index (χ0) is 11.3. The van der Waals surface area contributed by atoms with Gasteiger partial charge >= 0.3 is 5.97 Å². The van der Waals surface area contributed by atoms with Crippen LogP contribution in [0.25, 0.3) is 0 Å². The van der Waals surface area contributed by atoms with E-state index in [9.17, 15) is 4.79 Å². The highest BCUT2D eigenvalue weighted by atomic mass is 16.7. The molecule has 0 aliphatic heterocycles. The molecular formula is C8H17NO5. The van der Waals surface area contributed by atoms with Gasteiger partial charge in [-0.1, -0.05) is 5.06 Å². The predicted molar refractivity (Wildman–Crippen MR) is 47.6 cm³/mol. The van der Waals surface area contributed by atoms with Gasteiger partial charge in [0.05, 0.1) is 12.5 Å². The van der Waals surface area contributed by atoms with E-state index in [0.717, 1.165) is 5.06 Å². The van der Waals surface area contributed by atoms with E-state index in [0.29, 0.717) is 0 Å². The minimum atomic E-state index is -1.10. The molecule has 3 atom stereocenters. The molecule has 3 unspecified atom stereocenters. The molecule has 84 valence electrons. The SMILES string of the molecule is CC(O)CC(=O)ON(C(C)O)C(C)O. The summed E-state index contributed by atoms with van der Waals surface area (Å²) < 4.78 is 0. The highest BCUT2D eigenvalue weighted by Crippen LogP contribution is 2.04. The van der Waals surface area contributed by atoms with Crippen LogP contribution in [0.1, 0.15) is 27.2 Å². The number of hydroxylamine groups is 2. The second-order valence-corrected chi connectivity index (χ2v) is 3.14. The summed E-state index contributed by atoms with van der Waals surface area (Å²) in [6.45, 7) is 4.14. The van der Waals surface area contributed by atoms with Crippen LogP contribution in [0.15, 0.2) is 0 Å². The Balaban J connectivity index is 4.10. The molecule has 0 saturated heterocycles. The smallest absolute Gasteiger partial charge is 0.327 e. The Morgan fingerprint density at radius 3 is 1.93 bits per heavy atom. The monoisotopic (exact) mass is 207 g/mol. The van der Waals surface area contributed by atoms with Crippen molar-refractivity contribution in [3.63, 3.8) is 0 Å². The van der Waals surface area contributed by atoms with Crippen molar-refractivity contribution in [2.24, 2.45) is 0 Å². The summed E-state index contributed by atoms with van der Waals surface area (Å²) in [5.74, 6) is -0.707. The Morgan fingerprint density at radius 1 is 1.21 bits per heavy atom. The van der Waals surface area contributed by atoms with E-state index in [1.54, 1.807) is 0 Å². The van der Waals surface area contributed by atoms with E-state index in [4.69, 9.17) is 15.3 Å². The van der Waals surface area contributed by atoms with Crippen LogP contribution in [-0.4, -0.2) is 44.9 Å². The maximum Gasteiger partial charge on any atom is 0.327 e. The third-order valence-electron chi connectivity index (χ3n) is 1.41. The Bertz CT molecular complexity index is 173. The van der Waals surface area contributed by atoms with Crippen molar-refractivity contribution in [1.29, 1.82) is 0 Å². The summed E-state index contributed by atoms with van der Waals surface area (Å²) in [5, 5.41) is 27.8. The van der Waals surface area contributed by atoms with Gasteiger partial charge in [-0.15, -0.1) is 0 Å². The quantitative estimate of drug-likeness (QED) is 0.403. The van der Waals surface area contributed by atoms with Gasteiger partial charge in [0.25, 0.3) is 0 Å². The summed E-state index contributed by atoms with van der Waals surface area (Å²) in [7, 11) is 0. The fourth-order valence-corrected chi connectivity index (χ4v) is 0.861. The molecule has 0 amide bonds. The van der Waals surface area contributed by atoms with Crippen molar-refractivity contribution in [2.75, 3.05) is 0 Å². The lowest BCUT2D eigenvalue weighted by Gasteiger charge is -2.26. The van der Waals surface area contributed by atoms with Gasteiger partial charge in [0, 0.05) is 0 Å². The van der Waals surface area contributed by atoms with Crippen molar-refractivity contribution >= 4 is 5.97 Å².